The quantitative estimate of drug-likeness (QED) is 0.106. The minimum absolute atomic E-state index is 0. The molecule has 2 fully saturated rings. The van der Waals surface area contributed by atoms with Crippen LogP contribution in [-0.4, -0.2) is 80.9 Å². The van der Waals surface area contributed by atoms with Crippen molar-refractivity contribution in [2.24, 2.45) is 0 Å². The highest BCUT2D eigenvalue weighted by Gasteiger charge is 2.32. The number of nitrogens with zero attached hydrogens (tertiary/aromatic N) is 8. The minimum Gasteiger partial charge on any atom is -0.492 e. The number of benzene rings is 5. The van der Waals surface area contributed by atoms with Crippen molar-refractivity contribution < 1.29 is 18.3 Å². The summed E-state index contributed by atoms with van der Waals surface area (Å²) < 4.78 is 45.4. The zero-order chi connectivity index (χ0) is 46.7. The van der Waals surface area contributed by atoms with Crippen LogP contribution in [0.5, 0.6) is 11.5 Å². The summed E-state index contributed by atoms with van der Waals surface area (Å²) in [6.07, 6.45) is 7.14. The lowest BCUT2D eigenvalue weighted by molar-refractivity contribution is 0.184. The van der Waals surface area contributed by atoms with Gasteiger partial charge in [-0.1, -0.05) is 47.5 Å². The largest absolute Gasteiger partial charge is 0.492 e. The number of anilines is 2. The first kappa shape index (κ1) is 50.6. The van der Waals surface area contributed by atoms with Crippen molar-refractivity contribution in [1.29, 1.82) is 0 Å². The first-order valence-corrected chi connectivity index (χ1v) is 24.0. The summed E-state index contributed by atoms with van der Waals surface area (Å²) in [7, 11) is 0. The summed E-state index contributed by atoms with van der Waals surface area (Å²) in [4.78, 5) is 24.9. The van der Waals surface area contributed by atoms with Crippen molar-refractivity contribution >= 4 is 81.7 Å². The number of nitrogens with one attached hydrogen (secondary N) is 1. The highest BCUT2D eigenvalue weighted by Crippen LogP contribution is 2.38. The number of aromatic nitrogens is 5. The van der Waals surface area contributed by atoms with Gasteiger partial charge in [0.1, 0.15) is 28.8 Å². The molecule has 3 aromatic heterocycles. The molecule has 0 aliphatic carbocycles. The number of ether oxygens (including phenoxy) is 2. The molecule has 5 aromatic carbocycles. The van der Waals surface area contributed by atoms with E-state index in [4.69, 9.17) is 52.6 Å². The van der Waals surface area contributed by atoms with Crippen LogP contribution in [0.25, 0.3) is 50.0 Å². The van der Waals surface area contributed by atoms with E-state index in [0.29, 0.717) is 105 Å². The van der Waals surface area contributed by atoms with Crippen LogP contribution >= 0.6 is 48.0 Å². The SMILES string of the molecule is CCOc1cc(CN2CCC(NN(c3nc(-c4ccccc4F)c4cc(Cl)ccc4n3)C3CCN(c4nc(-c5ccccc5F)c5cc(Cl)ccc5n4)CC3)CC2)cc(OCC)c1-n1cccc1.Cl.Cl. The fraction of sp³-hybridized carbons (Fsp3) is 0.283. The van der Waals surface area contributed by atoms with Gasteiger partial charge in [0, 0.05) is 83.1 Å². The van der Waals surface area contributed by atoms with E-state index in [-0.39, 0.29) is 48.5 Å². The molecule has 17 heteroatoms. The van der Waals surface area contributed by atoms with Gasteiger partial charge in [0.15, 0.2) is 0 Å². The van der Waals surface area contributed by atoms with Crippen LogP contribution in [0.15, 0.2) is 122 Å². The maximum atomic E-state index is 15.7. The number of hydrazine groups is 1. The van der Waals surface area contributed by atoms with E-state index >= 15 is 8.78 Å². The van der Waals surface area contributed by atoms with E-state index in [1.165, 1.54) is 12.1 Å². The average molecular weight is 1030 g/mol. The van der Waals surface area contributed by atoms with E-state index < -0.39 is 0 Å². The average Bonchev–Trinajstić information content (AvgIpc) is 3.89. The minimum atomic E-state index is -0.382. The maximum Gasteiger partial charge on any atom is 0.241 e. The van der Waals surface area contributed by atoms with E-state index in [2.05, 4.69) is 32.4 Å². The standard InChI is InChI=1S/C53H51Cl2F2N9O2.2ClH/c1-3-67-47-29-34(30-48(68-4-2)51(47)64-23-9-10-24-64)33-63-25-19-37(20-26-63)62-66(53-59-46-18-16-36(55)32-42(46)50(61-53)40-12-6-8-14-44(40)57)38-21-27-65(28-22-38)52-58-45-17-15-35(54)31-41(45)49(60-52)39-11-5-7-13-43(39)56;;/h5-18,23-24,29-32,37-38,62H,3-4,19-22,25-28,33H2,1-2H3;2*1H. The first-order valence-electron chi connectivity index (χ1n) is 23.3. The third-order valence-electron chi connectivity index (χ3n) is 12.8. The highest BCUT2D eigenvalue weighted by molar-refractivity contribution is 6.31. The molecule has 1 N–H and O–H groups in total. The Kier molecular flexibility index (Phi) is 16.3. The summed E-state index contributed by atoms with van der Waals surface area (Å²) in [6.45, 7) is 8.73. The Morgan fingerprint density at radius 1 is 0.643 bits per heavy atom. The number of halogens is 6. The summed E-state index contributed by atoms with van der Waals surface area (Å²) >= 11 is 13.0. The molecule has 0 bridgehead atoms. The van der Waals surface area contributed by atoms with E-state index in [1.807, 2.05) is 61.1 Å². The Hall–Kier alpha value is -5.80. The van der Waals surface area contributed by atoms with E-state index in [0.717, 1.165) is 55.2 Å². The van der Waals surface area contributed by atoms with Crippen LogP contribution in [0.2, 0.25) is 10.0 Å². The van der Waals surface area contributed by atoms with Crippen molar-refractivity contribution in [2.75, 3.05) is 49.3 Å². The first-order chi connectivity index (χ1) is 33.2. The van der Waals surface area contributed by atoms with Gasteiger partial charge in [-0.25, -0.2) is 34.1 Å². The van der Waals surface area contributed by atoms with Crippen LogP contribution in [0.4, 0.5) is 20.7 Å². The molecule has 0 amide bonds. The summed E-state index contributed by atoms with van der Waals surface area (Å²) in [5, 5.41) is 4.49. The lowest BCUT2D eigenvalue weighted by atomic mass is 10.0. The monoisotopic (exact) mass is 1030 g/mol. The topological polar surface area (TPSA) is 96.7 Å². The van der Waals surface area contributed by atoms with Gasteiger partial charge in [-0.05, 0) is 130 Å². The molecular weight excluding hydrogens is 974 g/mol. The molecule has 0 unspecified atom stereocenters. The lowest BCUT2D eigenvalue weighted by Gasteiger charge is -2.42. The predicted molar refractivity (Wildman–Crippen MR) is 282 cm³/mol. The highest BCUT2D eigenvalue weighted by atomic mass is 35.5. The Balaban J connectivity index is 0.00000329. The van der Waals surface area contributed by atoms with Gasteiger partial charge in [0.05, 0.1) is 41.7 Å². The molecule has 2 saturated heterocycles. The Morgan fingerprint density at radius 2 is 1.19 bits per heavy atom. The number of hydrogen-bond donors (Lipinski definition) is 1. The molecule has 364 valence electrons. The van der Waals surface area contributed by atoms with Gasteiger partial charge in [0.2, 0.25) is 11.9 Å². The molecule has 10 rings (SSSR count). The fourth-order valence-corrected chi connectivity index (χ4v) is 9.81. The van der Waals surface area contributed by atoms with Gasteiger partial charge in [0.25, 0.3) is 0 Å². The van der Waals surface area contributed by atoms with Crippen molar-refractivity contribution in [1.82, 2.24) is 34.8 Å². The molecule has 0 atom stereocenters. The summed E-state index contributed by atoms with van der Waals surface area (Å²) in [6, 6.07) is 32.5. The molecule has 2 aliphatic heterocycles. The number of piperidine rings is 2. The molecule has 70 heavy (non-hydrogen) atoms. The maximum absolute atomic E-state index is 15.7. The van der Waals surface area contributed by atoms with Crippen LogP contribution in [-0.2, 0) is 6.54 Å². The van der Waals surface area contributed by atoms with Crippen LogP contribution in [0.1, 0.15) is 45.1 Å². The second kappa shape index (κ2) is 22.5. The third-order valence-corrected chi connectivity index (χ3v) is 13.2. The van der Waals surface area contributed by atoms with Gasteiger partial charge in [-0.3, -0.25) is 9.91 Å². The van der Waals surface area contributed by atoms with Crippen LogP contribution < -0.4 is 24.8 Å². The number of rotatable bonds is 14. The zero-order valence-electron chi connectivity index (χ0n) is 38.7. The molecule has 11 nitrogen and oxygen atoms in total. The number of likely N-dealkylation sites (tertiary alicyclic amines) is 1. The second-order valence-corrected chi connectivity index (χ2v) is 18.1. The Morgan fingerprint density at radius 3 is 1.74 bits per heavy atom. The van der Waals surface area contributed by atoms with Gasteiger partial charge >= 0.3 is 0 Å². The Bertz CT molecular complexity index is 3050. The predicted octanol–water partition coefficient (Wildman–Crippen LogP) is 12.6. The molecule has 0 saturated carbocycles. The normalized spacial score (nSPS) is 14.6. The van der Waals surface area contributed by atoms with Crippen LogP contribution in [0.3, 0.4) is 0 Å². The van der Waals surface area contributed by atoms with Crippen molar-refractivity contribution in [3.8, 4) is 39.7 Å². The summed E-state index contributed by atoms with van der Waals surface area (Å²) in [5.41, 5.74) is 8.98. The number of hydrogen-bond acceptors (Lipinski definition) is 10. The molecule has 0 radical (unpaired) electrons. The van der Waals surface area contributed by atoms with Gasteiger partial charge in [-0.15, -0.1) is 24.8 Å². The van der Waals surface area contributed by atoms with Gasteiger partial charge in [-0.2, -0.15) is 0 Å². The zero-order valence-corrected chi connectivity index (χ0v) is 41.8. The second-order valence-electron chi connectivity index (χ2n) is 17.2. The van der Waals surface area contributed by atoms with Crippen LogP contribution in [0, 0.1) is 11.6 Å². The molecule has 2 aliphatic rings. The van der Waals surface area contributed by atoms with Gasteiger partial charge < -0.3 is 18.9 Å². The lowest BCUT2D eigenvalue weighted by Crippen LogP contribution is -2.57. The smallest absolute Gasteiger partial charge is 0.241 e. The van der Waals surface area contributed by atoms with Crippen molar-refractivity contribution in [2.45, 2.75) is 58.2 Å². The Labute approximate surface area is 428 Å². The molecule has 5 heterocycles. The molecular formula is C53H53Cl4F2N9O2. The third kappa shape index (κ3) is 10.8. The van der Waals surface area contributed by atoms with E-state index in [1.54, 1.807) is 54.6 Å². The van der Waals surface area contributed by atoms with Crippen molar-refractivity contribution in [3.63, 3.8) is 0 Å². The summed E-state index contributed by atoms with van der Waals surface area (Å²) in [5.74, 6) is 1.80. The molecule has 0 spiro atoms. The fourth-order valence-electron chi connectivity index (χ4n) is 9.47. The van der Waals surface area contributed by atoms with E-state index in [9.17, 15) is 0 Å². The van der Waals surface area contributed by atoms with Crippen molar-refractivity contribution in [3.05, 3.63) is 149 Å². The number of fused-ring (bicyclic) bond motifs is 2. The molecule has 8 aromatic rings.